The third-order valence-corrected chi connectivity index (χ3v) is 3.24. The maximum atomic E-state index is 12.5. The summed E-state index contributed by atoms with van der Waals surface area (Å²) in [5.41, 5.74) is -0.798. The van der Waals surface area contributed by atoms with Crippen LogP contribution in [-0.2, 0) is 6.18 Å². The van der Waals surface area contributed by atoms with Crippen molar-refractivity contribution in [2.75, 3.05) is 6.61 Å². The number of ether oxygens (including phenoxy) is 1. The maximum absolute atomic E-state index is 12.5. The Morgan fingerprint density at radius 1 is 1.21 bits per heavy atom. The Balaban J connectivity index is 2.02. The first kappa shape index (κ1) is 13.6. The molecule has 0 saturated heterocycles. The second kappa shape index (κ2) is 5.44. The highest BCUT2D eigenvalue weighted by Gasteiger charge is 2.30. The van der Waals surface area contributed by atoms with Gasteiger partial charge in [0, 0.05) is 0 Å². The molecule has 0 fully saturated rings. The lowest BCUT2D eigenvalue weighted by molar-refractivity contribution is -0.137. The van der Waals surface area contributed by atoms with E-state index in [-0.39, 0.29) is 18.1 Å². The highest BCUT2D eigenvalue weighted by Crippen LogP contribution is 2.31. The first-order valence-electron chi connectivity index (χ1n) is 5.33. The normalized spacial score (nSPS) is 11.3. The van der Waals surface area contributed by atoms with Crippen molar-refractivity contribution in [3.8, 4) is 5.75 Å². The zero-order chi connectivity index (χ0) is 13.9. The third-order valence-electron chi connectivity index (χ3n) is 2.33. The van der Waals surface area contributed by atoms with Crippen molar-refractivity contribution in [1.82, 2.24) is 0 Å². The first-order chi connectivity index (χ1) is 8.97. The predicted octanol–water partition coefficient (Wildman–Crippen LogP) is 4.03. The van der Waals surface area contributed by atoms with Crippen LogP contribution in [0.5, 0.6) is 5.75 Å². The predicted molar refractivity (Wildman–Crippen MR) is 65.6 cm³/mol. The van der Waals surface area contributed by atoms with Crippen LogP contribution < -0.4 is 4.74 Å². The van der Waals surface area contributed by atoms with Gasteiger partial charge in [-0.15, -0.1) is 11.3 Å². The van der Waals surface area contributed by atoms with Gasteiger partial charge in [-0.1, -0.05) is 12.1 Å². The molecule has 0 aliphatic heterocycles. The number of ketones is 1. The van der Waals surface area contributed by atoms with Gasteiger partial charge in [-0.2, -0.15) is 13.2 Å². The van der Waals surface area contributed by atoms with Crippen LogP contribution in [0.4, 0.5) is 13.2 Å². The lowest BCUT2D eigenvalue weighted by Gasteiger charge is -2.09. The van der Waals surface area contributed by atoms with E-state index in [4.69, 9.17) is 4.74 Å². The van der Waals surface area contributed by atoms with Crippen molar-refractivity contribution in [3.63, 3.8) is 0 Å². The molecule has 100 valence electrons. The number of carbonyl (C=O) groups is 1. The smallest absolute Gasteiger partial charge is 0.416 e. The number of thiophene rings is 1. The molecule has 0 aliphatic carbocycles. The number of halogens is 3. The number of alkyl halides is 3. The number of hydrogen-bond donors (Lipinski definition) is 0. The fourth-order valence-corrected chi connectivity index (χ4v) is 2.07. The molecule has 0 aliphatic rings. The van der Waals surface area contributed by atoms with E-state index in [9.17, 15) is 18.0 Å². The van der Waals surface area contributed by atoms with Crippen molar-refractivity contribution in [2.24, 2.45) is 0 Å². The molecular formula is C13H9F3O2S. The van der Waals surface area contributed by atoms with E-state index in [1.807, 2.05) is 0 Å². The monoisotopic (exact) mass is 286 g/mol. The van der Waals surface area contributed by atoms with E-state index >= 15 is 0 Å². The second-order valence-electron chi connectivity index (χ2n) is 3.71. The molecule has 0 radical (unpaired) electrons. The molecule has 0 bridgehead atoms. The first-order valence-corrected chi connectivity index (χ1v) is 6.21. The average molecular weight is 286 g/mol. The molecule has 6 heteroatoms. The van der Waals surface area contributed by atoms with Gasteiger partial charge in [-0.25, -0.2) is 0 Å². The van der Waals surface area contributed by atoms with Gasteiger partial charge >= 0.3 is 6.18 Å². The van der Waals surface area contributed by atoms with Crippen LogP contribution in [0.25, 0.3) is 0 Å². The van der Waals surface area contributed by atoms with Gasteiger partial charge in [0.1, 0.15) is 5.75 Å². The zero-order valence-electron chi connectivity index (χ0n) is 9.61. The van der Waals surface area contributed by atoms with Crippen LogP contribution in [0.15, 0.2) is 41.8 Å². The van der Waals surface area contributed by atoms with E-state index in [0.29, 0.717) is 4.88 Å². The molecule has 0 atom stereocenters. The molecule has 2 aromatic rings. The maximum Gasteiger partial charge on any atom is 0.416 e. The lowest BCUT2D eigenvalue weighted by Crippen LogP contribution is -2.11. The Labute approximate surface area is 111 Å². The summed E-state index contributed by atoms with van der Waals surface area (Å²) in [6.45, 7) is -0.276. The van der Waals surface area contributed by atoms with Gasteiger partial charge in [-0.05, 0) is 29.6 Å². The topological polar surface area (TPSA) is 26.3 Å². The van der Waals surface area contributed by atoms with Gasteiger partial charge in [0.15, 0.2) is 6.61 Å². The summed E-state index contributed by atoms with van der Waals surface area (Å²) in [6.07, 6.45) is -4.42. The van der Waals surface area contributed by atoms with Gasteiger partial charge in [-0.3, -0.25) is 4.79 Å². The summed E-state index contributed by atoms with van der Waals surface area (Å²) in [5, 5.41) is 1.75. The highest BCUT2D eigenvalue weighted by molar-refractivity contribution is 7.12. The Morgan fingerprint density at radius 3 is 2.63 bits per heavy atom. The van der Waals surface area contributed by atoms with Crippen LogP contribution in [0.2, 0.25) is 0 Å². The molecule has 19 heavy (non-hydrogen) atoms. The molecule has 1 aromatic carbocycles. The molecule has 1 heterocycles. The quantitative estimate of drug-likeness (QED) is 0.793. The summed E-state index contributed by atoms with van der Waals surface area (Å²) in [6, 6.07) is 7.82. The molecule has 2 nitrogen and oxygen atoms in total. The molecule has 0 amide bonds. The summed E-state index contributed by atoms with van der Waals surface area (Å²) in [4.78, 5) is 12.1. The molecule has 0 spiro atoms. The SMILES string of the molecule is O=C(COc1cccc(C(F)(F)F)c1)c1cccs1. The van der Waals surface area contributed by atoms with Crippen LogP contribution in [0.3, 0.4) is 0 Å². The Morgan fingerprint density at radius 2 is 2.00 bits per heavy atom. The van der Waals surface area contributed by atoms with Gasteiger partial charge < -0.3 is 4.74 Å². The van der Waals surface area contributed by atoms with Crippen molar-refractivity contribution in [2.45, 2.75) is 6.18 Å². The fraction of sp³-hybridized carbons (Fsp3) is 0.154. The van der Waals surface area contributed by atoms with E-state index in [1.165, 1.54) is 23.5 Å². The minimum Gasteiger partial charge on any atom is -0.485 e. The van der Waals surface area contributed by atoms with E-state index in [2.05, 4.69) is 0 Å². The minimum absolute atomic E-state index is 0.0275. The summed E-state index contributed by atoms with van der Waals surface area (Å²) in [7, 11) is 0. The average Bonchev–Trinajstić information content (AvgIpc) is 2.89. The van der Waals surface area contributed by atoms with Gasteiger partial charge in [0.25, 0.3) is 0 Å². The second-order valence-corrected chi connectivity index (χ2v) is 4.66. The molecule has 2 rings (SSSR count). The van der Waals surface area contributed by atoms with Crippen molar-refractivity contribution < 1.29 is 22.7 Å². The van der Waals surface area contributed by atoms with E-state index < -0.39 is 11.7 Å². The number of carbonyl (C=O) groups excluding carboxylic acids is 1. The third kappa shape index (κ3) is 3.57. The largest absolute Gasteiger partial charge is 0.485 e. The molecule has 0 N–H and O–H groups in total. The van der Waals surface area contributed by atoms with Crippen molar-refractivity contribution in [3.05, 3.63) is 52.2 Å². The molecule has 0 unspecified atom stereocenters. The standard InChI is InChI=1S/C13H9F3O2S/c14-13(15,16)9-3-1-4-10(7-9)18-8-11(17)12-5-2-6-19-12/h1-7H,8H2. The molecule has 0 saturated carbocycles. The zero-order valence-corrected chi connectivity index (χ0v) is 10.4. The molecular weight excluding hydrogens is 277 g/mol. The van der Waals surface area contributed by atoms with Crippen LogP contribution in [0.1, 0.15) is 15.2 Å². The van der Waals surface area contributed by atoms with Crippen molar-refractivity contribution >= 4 is 17.1 Å². The lowest BCUT2D eigenvalue weighted by atomic mass is 10.2. The Kier molecular flexibility index (Phi) is 3.90. The molecule has 1 aromatic heterocycles. The number of rotatable bonds is 4. The fourth-order valence-electron chi connectivity index (χ4n) is 1.42. The number of benzene rings is 1. The number of hydrogen-bond acceptors (Lipinski definition) is 3. The van der Waals surface area contributed by atoms with Crippen molar-refractivity contribution in [1.29, 1.82) is 0 Å². The van der Waals surface area contributed by atoms with Gasteiger partial charge in [0.2, 0.25) is 5.78 Å². The van der Waals surface area contributed by atoms with Crippen LogP contribution >= 0.6 is 11.3 Å². The summed E-state index contributed by atoms with van der Waals surface area (Å²) < 4.78 is 42.5. The number of Topliss-reactive ketones (excluding diaryl/α,β-unsaturated/α-hetero) is 1. The van der Waals surface area contributed by atoms with Crippen LogP contribution in [0, 0.1) is 0 Å². The van der Waals surface area contributed by atoms with E-state index in [1.54, 1.807) is 17.5 Å². The van der Waals surface area contributed by atoms with Crippen LogP contribution in [-0.4, -0.2) is 12.4 Å². The summed E-state index contributed by atoms with van der Waals surface area (Å²) in [5.74, 6) is -0.229. The Bertz CT molecular complexity index is 562. The summed E-state index contributed by atoms with van der Waals surface area (Å²) >= 11 is 1.26. The van der Waals surface area contributed by atoms with Gasteiger partial charge in [0.05, 0.1) is 10.4 Å². The van der Waals surface area contributed by atoms with E-state index in [0.717, 1.165) is 12.1 Å². The highest BCUT2D eigenvalue weighted by atomic mass is 32.1. The minimum atomic E-state index is -4.42. The Hall–Kier alpha value is -1.82.